The summed E-state index contributed by atoms with van der Waals surface area (Å²) in [4.78, 5) is 2.10. The highest BCUT2D eigenvalue weighted by atomic mass is 16.5. The lowest BCUT2D eigenvalue weighted by Crippen LogP contribution is -2.37. The van der Waals surface area contributed by atoms with Crippen LogP contribution in [-0.4, -0.2) is 37.5 Å². The average molecular weight is 156 g/mol. The molecule has 0 amide bonds. The number of nitrogens with zero attached hydrogens (tertiary/aromatic N) is 1. The Hall–Kier alpha value is -0.570. The van der Waals surface area contributed by atoms with Crippen LogP contribution in [0.15, 0.2) is 0 Å². The first-order valence-electron chi connectivity index (χ1n) is 4.16. The molecule has 0 radical (unpaired) electrons. The lowest BCUT2D eigenvalue weighted by Gasteiger charge is -2.28. The minimum Gasteiger partial charge on any atom is -0.377 e. The third-order valence-electron chi connectivity index (χ3n) is 2.02. The molecule has 0 unspecified atom stereocenters. The summed E-state index contributed by atoms with van der Waals surface area (Å²) >= 11 is 0. The van der Waals surface area contributed by atoms with Crippen LogP contribution in [-0.2, 0) is 4.74 Å². The van der Waals surface area contributed by atoms with Crippen LogP contribution in [0.1, 0.15) is 19.3 Å². The summed E-state index contributed by atoms with van der Waals surface area (Å²) in [6.07, 6.45) is 3.77. The molecule has 1 rings (SSSR count). The highest BCUT2D eigenvalue weighted by Crippen LogP contribution is 2.08. The van der Waals surface area contributed by atoms with Crippen molar-refractivity contribution in [3.63, 3.8) is 0 Å². The van der Waals surface area contributed by atoms with E-state index in [0.717, 1.165) is 13.1 Å². The van der Waals surface area contributed by atoms with E-state index in [9.17, 15) is 0 Å². The molecule has 0 aromatic heterocycles. The molecule has 1 N–H and O–H groups in total. The van der Waals surface area contributed by atoms with Gasteiger partial charge in [-0.15, -0.1) is 0 Å². The van der Waals surface area contributed by atoms with E-state index in [0.29, 0.717) is 12.4 Å². The lowest BCUT2D eigenvalue weighted by atomic mass is 10.1. The second-order valence-corrected chi connectivity index (χ2v) is 2.93. The van der Waals surface area contributed by atoms with Crippen molar-refractivity contribution in [1.82, 2.24) is 4.90 Å². The predicted octanol–water partition coefficient (Wildman–Crippen LogP) is 1.10. The smallest absolute Gasteiger partial charge is 0.122 e. The molecule has 0 bridgehead atoms. The van der Waals surface area contributed by atoms with Crippen molar-refractivity contribution >= 4 is 5.84 Å². The van der Waals surface area contributed by atoms with Crippen molar-refractivity contribution in [3.8, 4) is 0 Å². The van der Waals surface area contributed by atoms with Gasteiger partial charge in [0.25, 0.3) is 0 Å². The van der Waals surface area contributed by atoms with Gasteiger partial charge in [0.05, 0.1) is 0 Å². The normalized spacial score (nSPS) is 18.5. The number of hydrogen-bond acceptors (Lipinski definition) is 2. The van der Waals surface area contributed by atoms with Gasteiger partial charge in [-0.25, -0.2) is 0 Å². The van der Waals surface area contributed by atoms with Crippen LogP contribution in [0.2, 0.25) is 0 Å². The molecule has 1 aliphatic heterocycles. The lowest BCUT2D eigenvalue weighted by molar-refractivity contribution is 0.222. The molecule has 1 saturated heterocycles. The highest BCUT2D eigenvalue weighted by molar-refractivity contribution is 5.80. The minimum absolute atomic E-state index is 0.458. The fraction of sp³-hybridized carbons (Fsp3) is 0.875. The maximum absolute atomic E-state index is 7.58. The molecule has 3 nitrogen and oxygen atoms in total. The first-order valence-corrected chi connectivity index (χ1v) is 4.16. The highest BCUT2D eigenvalue weighted by Gasteiger charge is 2.12. The van der Waals surface area contributed by atoms with Crippen molar-refractivity contribution in [1.29, 1.82) is 5.41 Å². The summed E-state index contributed by atoms with van der Waals surface area (Å²) in [7, 11) is 1.64. The van der Waals surface area contributed by atoms with Gasteiger partial charge >= 0.3 is 0 Å². The summed E-state index contributed by atoms with van der Waals surface area (Å²) in [6.45, 7) is 2.55. The van der Waals surface area contributed by atoms with Gasteiger partial charge in [0, 0.05) is 20.2 Å². The first kappa shape index (κ1) is 8.53. The van der Waals surface area contributed by atoms with E-state index in [1.165, 1.54) is 19.3 Å². The van der Waals surface area contributed by atoms with Crippen LogP contribution in [0.25, 0.3) is 0 Å². The number of methoxy groups -OCH3 is 1. The Kier molecular flexibility index (Phi) is 3.36. The molecule has 0 aliphatic carbocycles. The topological polar surface area (TPSA) is 36.3 Å². The second kappa shape index (κ2) is 4.34. The largest absolute Gasteiger partial charge is 0.377 e. The fourth-order valence-corrected chi connectivity index (χ4v) is 1.39. The zero-order valence-corrected chi connectivity index (χ0v) is 7.10. The zero-order valence-electron chi connectivity index (χ0n) is 7.10. The number of nitrogens with one attached hydrogen (secondary N) is 1. The van der Waals surface area contributed by atoms with Gasteiger partial charge in [-0.1, -0.05) is 0 Å². The van der Waals surface area contributed by atoms with Gasteiger partial charge in [0.1, 0.15) is 12.4 Å². The summed E-state index contributed by atoms with van der Waals surface area (Å²) in [5, 5.41) is 7.58. The van der Waals surface area contributed by atoms with Crippen LogP contribution in [0, 0.1) is 5.41 Å². The van der Waals surface area contributed by atoms with E-state index in [-0.39, 0.29) is 0 Å². The minimum atomic E-state index is 0.458. The molecule has 0 aromatic carbocycles. The van der Waals surface area contributed by atoms with Gasteiger partial charge in [-0.05, 0) is 19.3 Å². The van der Waals surface area contributed by atoms with Gasteiger partial charge in [-0.2, -0.15) is 0 Å². The van der Waals surface area contributed by atoms with Crippen molar-refractivity contribution in [2.45, 2.75) is 19.3 Å². The Morgan fingerprint density at radius 3 is 2.55 bits per heavy atom. The van der Waals surface area contributed by atoms with Crippen molar-refractivity contribution in [2.24, 2.45) is 0 Å². The molecular weight excluding hydrogens is 140 g/mol. The number of rotatable bonds is 2. The van der Waals surface area contributed by atoms with E-state index < -0.39 is 0 Å². The SMILES string of the molecule is COCC(=N)N1CCCCC1. The molecule has 0 spiro atoms. The van der Waals surface area contributed by atoms with Crippen molar-refractivity contribution in [3.05, 3.63) is 0 Å². The molecule has 1 heterocycles. The summed E-state index contributed by atoms with van der Waals surface area (Å²) in [5.41, 5.74) is 0. The molecule has 3 heteroatoms. The molecule has 0 aromatic rings. The Balaban J connectivity index is 2.27. The van der Waals surface area contributed by atoms with Gasteiger partial charge in [0.15, 0.2) is 0 Å². The Morgan fingerprint density at radius 2 is 2.00 bits per heavy atom. The summed E-state index contributed by atoms with van der Waals surface area (Å²) in [5.74, 6) is 0.632. The van der Waals surface area contributed by atoms with E-state index in [1.54, 1.807) is 7.11 Å². The van der Waals surface area contributed by atoms with Crippen LogP contribution >= 0.6 is 0 Å². The molecule has 0 saturated carbocycles. The van der Waals surface area contributed by atoms with Gasteiger partial charge in [0.2, 0.25) is 0 Å². The maximum Gasteiger partial charge on any atom is 0.122 e. The molecule has 64 valence electrons. The Bertz CT molecular complexity index is 130. The zero-order chi connectivity index (χ0) is 8.10. The van der Waals surface area contributed by atoms with Crippen LogP contribution < -0.4 is 0 Å². The van der Waals surface area contributed by atoms with Gasteiger partial charge < -0.3 is 9.64 Å². The average Bonchev–Trinajstić information content (AvgIpc) is 2.07. The number of ether oxygens (including phenoxy) is 1. The molecular formula is C8H16N2O. The van der Waals surface area contributed by atoms with Crippen LogP contribution in [0.5, 0.6) is 0 Å². The number of amidine groups is 1. The quantitative estimate of drug-likeness (QED) is 0.480. The molecule has 11 heavy (non-hydrogen) atoms. The molecule has 0 atom stereocenters. The Labute approximate surface area is 67.8 Å². The number of piperidine rings is 1. The third kappa shape index (κ3) is 2.50. The predicted molar refractivity (Wildman–Crippen MR) is 45.0 cm³/mol. The fourth-order valence-electron chi connectivity index (χ4n) is 1.39. The van der Waals surface area contributed by atoms with E-state index in [2.05, 4.69) is 4.90 Å². The molecule has 1 fully saturated rings. The standard InChI is InChI=1S/C8H16N2O/c1-11-7-8(9)10-5-3-2-4-6-10/h9H,2-7H2,1H3. The third-order valence-corrected chi connectivity index (χ3v) is 2.02. The van der Waals surface area contributed by atoms with Gasteiger partial charge in [-0.3, -0.25) is 5.41 Å². The van der Waals surface area contributed by atoms with E-state index in [4.69, 9.17) is 10.1 Å². The Morgan fingerprint density at radius 1 is 1.36 bits per heavy atom. The number of hydrogen-bond donors (Lipinski definition) is 1. The monoisotopic (exact) mass is 156 g/mol. The van der Waals surface area contributed by atoms with Crippen molar-refractivity contribution < 1.29 is 4.74 Å². The summed E-state index contributed by atoms with van der Waals surface area (Å²) < 4.78 is 4.89. The first-order chi connectivity index (χ1) is 5.34. The van der Waals surface area contributed by atoms with Crippen LogP contribution in [0.4, 0.5) is 0 Å². The molecule has 1 aliphatic rings. The van der Waals surface area contributed by atoms with Crippen LogP contribution in [0.3, 0.4) is 0 Å². The number of likely N-dealkylation sites (tertiary alicyclic amines) is 1. The maximum atomic E-state index is 7.58. The second-order valence-electron chi connectivity index (χ2n) is 2.93. The summed E-state index contributed by atoms with van der Waals surface area (Å²) in [6, 6.07) is 0. The van der Waals surface area contributed by atoms with E-state index >= 15 is 0 Å². The van der Waals surface area contributed by atoms with E-state index in [1.807, 2.05) is 0 Å². The van der Waals surface area contributed by atoms with Crippen molar-refractivity contribution in [2.75, 3.05) is 26.8 Å².